The van der Waals surface area contributed by atoms with Gasteiger partial charge in [-0.1, -0.05) is 26.8 Å². The molecule has 0 aliphatic carbocycles. The smallest absolute Gasteiger partial charge is 0.0601 e. The van der Waals surface area contributed by atoms with Gasteiger partial charge in [-0.25, -0.2) is 0 Å². The van der Waals surface area contributed by atoms with E-state index in [9.17, 15) is 0 Å². The zero-order valence-electron chi connectivity index (χ0n) is 9.54. The molecule has 14 heavy (non-hydrogen) atoms. The molecule has 0 saturated heterocycles. The van der Waals surface area contributed by atoms with Crippen LogP contribution in [0.5, 0.6) is 0 Å². The Hall–Kier alpha value is -0.890. The molecule has 1 aromatic rings. The van der Waals surface area contributed by atoms with Crippen molar-refractivity contribution < 1.29 is 0 Å². The molecule has 0 amide bonds. The fourth-order valence-electron chi connectivity index (χ4n) is 1.68. The van der Waals surface area contributed by atoms with Crippen molar-refractivity contribution >= 4 is 0 Å². The first kappa shape index (κ1) is 11.2. The molecule has 0 saturated carbocycles. The van der Waals surface area contributed by atoms with E-state index in [4.69, 9.17) is 0 Å². The fourth-order valence-corrected chi connectivity index (χ4v) is 1.68. The van der Waals surface area contributed by atoms with Gasteiger partial charge in [0.25, 0.3) is 0 Å². The number of nitrogens with one attached hydrogen (secondary N) is 1. The summed E-state index contributed by atoms with van der Waals surface area (Å²) in [7, 11) is 0. The third-order valence-corrected chi connectivity index (χ3v) is 2.54. The number of hydrogen-bond donors (Lipinski definition) is 1. The van der Waals surface area contributed by atoms with E-state index in [1.54, 1.807) is 0 Å². The molecule has 1 N–H and O–H groups in total. The normalized spacial score (nSPS) is 15.5. The maximum atomic E-state index is 4.41. The van der Waals surface area contributed by atoms with Crippen LogP contribution in [0, 0.1) is 0 Å². The van der Waals surface area contributed by atoms with Crippen LogP contribution in [0.4, 0.5) is 0 Å². The second-order valence-corrected chi connectivity index (χ2v) is 4.20. The standard InChI is InChI=1S/C12H20N2/c1-5-12(4,14-10(2)3)11-8-6-7-9-13-11/h6-10,14H,5H2,1-4H3. The molecule has 0 bridgehead atoms. The lowest BCUT2D eigenvalue weighted by molar-refractivity contribution is 0.315. The molecule has 0 spiro atoms. The van der Waals surface area contributed by atoms with Crippen molar-refractivity contribution in [2.24, 2.45) is 0 Å². The number of hydrogen-bond acceptors (Lipinski definition) is 2. The topological polar surface area (TPSA) is 24.9 Å². The van der Waals surface area contributed by atoms with Crippen LogP contribution in [-0.4, -0.2) is 11.0 Å². The second-order valence-electron chi connectivity index (χ2n) is 4.20. The molecule has 78 valence electrons. The maximum Gasteiger partial charge on any atom is 0.0601 e. The predicted octanol–water partition coefficient (Wildman–Crippen LogP) is 2.70. The van der Waals surface area contributed by atoms with E-state index >= 15 is 0 Å². The Morgan fingerprint density at radius 1 is 1.43 bits per heavy atom. The molecule has 1 aromatic heterocycles. The van der Waals surface area contributed by atoms with E-state index in [-0.39, 0.29) is 5.54 Å². The minimum Gasteiger partial charge on any atom is -0.304 e. The molecule has 2 nitrogen and oxygen atoms in total. The van der Waals surface area contributed by atoms with Crippen molar-refractivity contribution in [1.29, 1.82) is 0 Å². The minimum absolute atomic E-state index is 0.00454. The van der Waals surface area contributed by atoms with E-state index < -0.39 is 0 Å². The molecule has 1 rings (SSSR count). The van der Waals surface area contributed by atoms with Crippen molar-refractivity contribution in [2.45, 2.75) is 45.7 Å². The van der Waals surface area contributed by atoms with Crippen LogP contribution in [0.25, 0.3) is 0 Å². The zero-order chi connectivity index (χ0) is 10.6. The Morgan fingerprint density at radius 3 is 2.57 bits per heavy atom. The van der Waals surface area contributed by atoms with Gasteiger partial charge in [-0.2, -0.15) is 0 Å². The quantitative estimate of drug-likeness (QED) is 0.793. The van der Waals surface area contributed by atoms with Gasteiger partial charge in [0.2, 0.25) is 0 Å². The first-order chi connectivity index (χ1) is 6.58. The highest BCUT2D eigenvalue weighted by molar-refractivity contribution is 5.14. The number of pyridine rings is 1. The Morgan fingerprint density at radius 2 is 2.14 bits per heavy atom. The lowest BCUT2D eigenvalue weighted by Crippen LogP contribution is -2.43. The third-order valence-electron chi connectivity index (χ3n) is 2.54. The van der Waals surface area contributed by atoms with Crippen LogP contribution in [0.15, 0.2) is 24.4 Å². The molecule has 1 atom stereocenters. The molecule has 0 aromatic carbocycles. The molecule has 1 unspecified atom stereocenters. The molecule has 0 radical (unpaired) electrons. The summed E-state index contributed by atoms with van der Waals surface area (Å²) in [5.41, 5.74) is 1.12. The second kappa shape index (κ2) is 4.56. The van der Waals surface area contributed by atoms with Gasteiger partial charge in [-0.15, -0.1) is 0 Å². The van der Waals surface area contributed by atoms with Crippen molar-refractivity contribution in [1.82, 2.24) is 10.3 Å². The molecule has 0 aliphatic rings. The largest absolute Gasteiger partial charge is 0.304 e. The highest BCUT2D eigenvalue weighted by Crippen LogP contribution is 2.22. The summed E-state index contributed by atoms with van der Waals surface area (Å²) in [6.45, 7) is 8.72. The number of nitrogens with zero attached hydrogens (tertiary/aromatic N) is 1. The summed E-state index contributed by atoms with van der Waals surface area (Å²) in [5.74, 6) is 0. The number of aromatic nitrogens is 1. The van der Waals surface area contributed by atoms with Crippen LogP contribution in [0.1, 0.15) is 39.8 Å². The molecule has 0 fully saturated rings. The zero-order valence-corrected chi connectivity index (χ0v) is 9.54. The van der Waals surface area contributed by atoms with Gasteiger partial charge in [0, 0.05) is 12.2 Å². The van der Waals surface area contributed by atoms with Crippen LogP contribution in [0.3, 0.4) is 0 Å². The van der Waals surface area contributed by atoms with Crippen LogP contribution in [0.2, 0.25) is 0 Å². The Kier molecular flexibility index (Phi) is 3.64. The molecule has 0 aliphatic heterocycles. The molecule has 1 heterocycles. The van der Waals surface area contributed by atoms with Gasteiger partial charge >= 0.3 is 0 Å². The SMILES string of the molecule is CCC(C)(NC(C)C)c1ccccn1. The van der Waals surface area contributed by atoms with Crippen molar-refractivity contribution in [3.05, 3.63) is 30.1 Å². The molecular weight excluding hydrogens is 172 g/mol. The number of rotatable bonds is 4. The van der Waals surface area contributed by atoms with E-state index in [0.29, 0.717) is 6.04 Å². The van der Waals surface area contributed by atoms with Gasteiger partial charge in [-0.05, 0) is 25.5 Å². The Balaban J connectivity index is 2.90. The first-order valence-electron chi connectivity index (χ1n) is 5.27. The lowest BCUT2D eigenvalue weighted by atomic mass is 9.93. The first-order valence-corrected chi connectivity index (χ1v) is 5.27. The maximum absolute atomic E-state index is 4.41. The minimum atomic E-state index is -0.00454. The van der Waals surface area contributed by atoms with Gasteiger partial charge in [0.15, 0.2) is 0 Å². The average molecular weight is 192 g/mol. The summed E-state index contributed by atoms with van der Waals surface area (Å²) in [4.78, 5) is 4.41. The fraction of sp³-hybridized carbons (Fsp3) is 0.583. The predicted molar refractivity (Wildman–Crippen MR) is 60.2 cm³/mol. The van der Waals surface area contributed by atoms with Gasteiger partial charge in [0.1, 0.15) is 0 Å². The van der Waals surface area contributed by atoms with E-state index in [2.05, 4.69) is 44.1 Å². The van der Waals surface area contributed by atoms with Crippen LogP contribution in [-0.2, 0) is 5.54 Å². The van der Waals surface area contributed by atoms with Crippen LogP contribution >= 0.6 is 0 Å². The van der Waals surface area contributed by atoms with Crippen molar-refractivity contribution in [3.8, 4) is 0 Å². The molecular formula is C12H20N2. The van der Waals surface area contributed by atoms with E-state index in [0.717, 1.165) is 12.1 Å². The lowest BCUT2D eigenvalue weighted by Gasteiger charge is -2.31. The highest BCUT2D eigenvalue weighted by atomic mass is 15.0. The van der Waals surface area contributed by atoms with E-state index in [1.165, 1.54) is 0 Å². The average Bonchev–Trinajstić information content (AvgIpc) is 2.18. The monoisotopic (exact) mass is 192 g/mol. The summed E-state index contributed by atoms with van der Waals surface area (Å²) in [6, 6.07) is 6.55. The van der Waals surface area contributed by atoms with Gasteiger partial charge in [0.05, 0.1) is 11.2 Å². The van der Waals surface area contributed by atoms with Crippen molar-refractivity contribution in [3.63, 3.8) is 0 Å². The van der Waals surface area contributed by atoms with Gasteiger partial charge < -0.3 is 5.32 Å². The van der Waals surface area contributed by atoms with E-state index in [1.807, 2.05) is 18.3 Å². The van der Waals surface area contributed by atoms with Crippen molar-refractivity contribution in [2.75, 3.05) is 0 Å². The third kappa shape index (κ3) is 2.55. The summed E-state index contributed by atoms with van der Waals surface area (Å²) in [6.07, 6.45) is 2.90. The van der Waals surface area contributed by atoms with Gasteiger partial charge in [-0.3, -0.25) is 4.98 Å². The summed E-state index contributed by atoms with van der Waals surface area (Å²) < 4.78 is 0. The Bertz CT molecular complexity index is 269. The highest BCUT2D eigenvalue weighted by Gasteiger charge is 2.25. The van der Waals surface area contributed by atoms with Crippen LogP contribution < -0.4 is 5.32 Å². The Labute approximate surface area is 86.8 Å². The molecule has 2 heteroatoms. The summed E-state index contributed by atoms with van der Waals surface area (Å²) >= 11 is 0. The summed E-state index contributed by atoms with van der Waals surface area (Å²) in [5, 5.41) is 3.56.